The molecule has 3 rings (SSSR count). The molecule has 19 heavy (non-hydrogen) atoms. The highest BCUT2D eigenvalue weighted by Crippen LogP contribution is 2.47. The molecular formula is C15H16N2O2. The number of carboxylic acids is 1. The summed E-state index contributed by atoms with van der Waals surface area (Å²) in [5.74, 6) is -0.765. The number of aromatic nitrogens is 2. The van der Waals surface area contributed by atoms with Crippen LogP contribution in [0.3, 0.4) is 0 Å². The summed E-state index contributed by atoms with van der Waals surface area (Å²) in [5.41, 5.74) is 3.23. The van der Waals surface area contributed by atoms with Crippen molar-refractivity contribution in [3.05, 3.63) is 47.3 Å². The lowest BCUT2D eigenvalue weighted by Crippen LogP contribution is -2.20. The van der Waals surface area contributed by atoms with E-state index in [0.29, 0.717) is 18.5 Å². The van der Waals surface area contributed by atoms with Gasteiger partial charge in [-0.1, -0.05) is 12.1 Å². The monoisotopic (exact) mass is 256 g/mol. The van der Waals surface area contributed by atoms with Crippen molar-refractivity contribution >= 4 is 5.97 Å². The molecule has 1 aromatic carbocycles. The van der Waals surface area contributed by atoms with Gasteiger partial charge in [0.15, 0.2) is 0 Å². The van der Waals surface area contributed by atoms with E-state index in [0.717, 1.165) is 16.8 Å². The number of benzene rings is 1. The van der Waals surface area contributed by atoms with Crippen LogP contribution in [0.2, 0.25) is 0 Å². The summed E-state index contributed by atoms with van der Waals surface area (Å²) in [6.07, 6.45) is 3.22. The number of hydrogen-bond acceptors (Lipinski definition) is 2. The Bertz CT molecular complexity index is 654. The van der Waals surface area contributed by atoms with Crippen LogP contribution in [0.1, 0.15) is 29.7 Å². The second-order valence-corrected chi connectivity index (χ2v) is 5.32. The Balaban J connectivity index is 2.02. The molecule has 2 aromatic rings. The minimum Gasteiger partial charge on any atom is -0.481 e. The maximum Gasteiger partial charge on any atom is 0.315 e. The fourth-order valence-corrected chi connectivity index (χ4v) is 2.38. The number of carbonyl (C=O) groups is 1. The molecule has 1 heterocycles. The molecule has 1 aliphatic carbocycles. The van der Waals surface area contributed by atoms with Gasteiger partial charge in [0.25, 0.3) is 0 Å². The fraction of sp³-hybridized carbons (Fsp3) is 0.333. The first-order valence-electron chi connectivity index (χ1n) is 6.40. The lowest BCUT2D eigenvalue weighted by molar-refractivity contribution is -0.140. The van der Waals surface area contributed by atoms with Crippen LogP contribution in [0, 0.1) is 13.8 Å². The van der Waals surface area contributed by atoms with Crippen molar-refractivity contribution in [1.29, 1.82) is 0 Å². The van der Waals surface area contributed by atoms with Crippen LogP contribution in [-0.4, -0.2) is 20.9 Å². The van der Waals surface area contributed by atoms with Gasteiger partial charge in [0.2, 0.25) is 0 Å². The van der Waals surface area contributed by atoms with E-state index in [1.807, 2.05) is 26.1 Å². The summed E-state index contributed by atoms with van der Waals surface area (Å²) in [6, 6.07) is 7.99. The lowest BCUT2D eigenvalue weighted by Gasteiger charge is -2.08. The number of hydrogen-bond donors (Lipinski definition) is 1. The smallest absolute Gasteiger partial charge is 0.315 e. The molecule has 0 amide bonds. The molecule has 1 fully saturated rings. The molecule has 1 aliphatic rings. The van der Waals surface area contributed by atoms with E-state index in [9.17, 15) is 9.90 Å². The van der Waals surface area contributed by atoms with Gasteiger partial charge in [-0.15, -0.1) is 0 Å². The van der Waals surface area contributed by atoms with Crippen LogP contribution >= 0.6 is 0 Å². The first-order chi connectivity index (χ1) is 9.03. The van der Waals surface area contributed by atoms with Gasteiger partial charge in [0.1, 0.15) is 5.41 Å². The number of nitrogens with zero attached hydrogens (tertiary/aromatic N) is 2. The van der Waals surface area contributed by atoms with E-state index in [4.69, 9.17) is 0 Å². The highest BCUT2D eigenvalue weighted by molar-refractivity contribution is 5.84. The number of aliphatic carboxylic acids is 1. The van der Waals surface area contributed by atoms with E-state index in [-0.39, 0.29) is 0 Å². The van der Waals surface area contributed by atoms with Crippen molar-refractivity contribution in [3.8, 4) is 5.69 Å². The van der Waals surface area contributed by atoms with Crippen LogP contribution in [0.15, 0.2) is 30.5 Å². The van der Waals surface area contributed by atoms with Crippen LogP contribution in [0.25, 0.3) is 5.69 Å². The molecule has 0 spiro atoms. The van der Waals surface area contributed by atoms with E-state index < -0.39 is 11.4 Å². The van der Waals surface area contributed by atoms with Crippen molar-refractivity contribution in [2.24, 2.45) is 0 Å². The van der Waals surface area contributed by atoms with Crippen LogP contribution in [-0.2, 0) is 10.2 Å². The Labute approximate surface area is 111 Å². The molecule has 0 saturated heterocycles. The first kappa shape index (κ1) is 12.0. The Hall–Kier alpha value is -2.10. The molecule has 0 atom stereocenters. The molecule has 1 N–H and O–H groups in total. The standard InChI is InChI=1S/C15H16N2O2/c1-10-3-4-11(2)12(9-10)17-8-5-13(16-17)15(6-7-15)14(18)19/h3-5,8-9H,6-7H2,1-2H3,(H,18,19). The SMILES string of the molecule is Cc1ccc(C)c(-n2ccc(C3(C(=O)O)CC3)n2)c1. The first-order valence-corrected chi connectivity index (χ1v) is 6.40. The maximum absolute atomic E-state index is 11.3. The summed E-state index contributed by atoms with van der Waals surface area (Å²) >= 11 is 0. The molecule has 4 nitrogen and oxygen atoms in total. The normalized spacial score (nSPS) is 16.3. The second kappa shape index (κ2) is 3.95. The van der Waals surface area contributed by atoms with E-state index >= 15 is 0 Å². The lowest BCUT2D eigenvalue weighted by atomic mass is 10.0. The molecule has 4 heteroatoms. The quantitative estimate of drug-likeness (QED) is 0.918. The van der Waals surface area contributed by atoms with Gasteiger partial charge in [0.05, 0.1) is 11.4 Å². The van der Waals surface area contributed by atoms with Crippen LogP contribution in [0.4, 0.5) is 0 Å². The molecule has 0 bridgehead atoms. The maximum atomic E-state index is 11.3. The molecule has 98 valence electrons. The highest BCUT2D eigenvalue weighted by atomic mass is 16.4. The summed E-state index contributed by atoms with van der Waals surface area (Å²) in [5, 5.41) is 13.8. The van der Waals surface area contributed by atoms with Gasteiger partial charge < -0.3 is 5.11 Å². The molecule has 1 aromatic heterocycles. The molecule has 0 aliphatic heterocycles. The predicted octanol–water partition coefficient (Wildman–Crippen LogP) is 2.61. The van der Waals surface area contributed by atoms with Crippen LogP contribution < -0.4 is 0 Å². The van der Waals surface area contributed by atoms with Crippen molar-refractivity contribution in [3.63, 3.8) is 0 Å². The summed E-state index contributed by atoms with van der Waals surface area (Å²) in [6.45, 7) is 4.06. The topological polar surface area (TPSA) is 55.1 Å². The Morgan fingerprint density at radius 2 is 2.05 bits per heavy atom. The largest absolute Gasteiger partial charge is 0.481 e. The fourth-order valence-electron chi connectivity index (χ4n) is 2.38. The minimum atomic E-state index is -0.765. The van der Waals surface area contributed by atoms with Crippen molar-refractivity contribution < 1.29 is 9.90 Å². The van der Waals surface area contributed by atoms with Crippen molar-refractivity contribution in [2.75, 3.05) is 0 Å². The predicted molar refractivity (Wildman–Crippen MR) is 71.6 cm³/mol. The zero-order valence-electron chi connectivity index (χ0n) is 11.1. The summed E-state index contributed by atoms with van der Waals surface area (Å²) in [7, 11) is 0. The molecule has 0 radical (unpaired) electrons. The van der Waals surface area contributed by atoms with Gasteiger partial charge in [-0.05, 0) is 49.9 Å². The van der Waals surface area contributed by atoms with Gasteiger partial charge in [0, 0.05) is 6.20 Å². The van der Waals surface area contributed by atoms with E-state index in [1.54, 1.807) is 4.68 Å². The third-order valence-electron chi connectivity index (χ3n) is 3.85. The second-order valence-electron chi connectivity index (χ2n) is 5.32. The summed E-state index contributed by atoms with van der Waals surface area (Å²) < 4.78 is 1.78. The third-order valence-corrected chi connectivity index (χ3v) is 3.85. The molecule has 0 unspecified atom stereocenters. The van der Waals surface area contributed by atoms with E-state index in [2.05, 4.69) is 23.3 Å². The average Bonchev–Trinajstić information content (AvgIpc) is 3.05. The number of aryl methyl sites for hydroxylation is 2. The summed E-state index contributed by atoms with van der Waals surface area (Å²) in [4.78, 5) is 11.3. The number of carboxylic acid groups (broad SMARTS) is 1. The van der Waals surface area contributed by atoms with Gasteiger partial charge in [-0.25, -0.2) is 4.68 Å². The Morgan fingerprint density at radius 1 is 1.32 bits per heavy atom. The van der Waals surface area contributed by atoms with Crippen molar-refractivity contribution in [1.82, 2.24) is 9.78 Å². The van der Waals surface area contributed by atoms with Gasteiger partial charge in [-0.2, -0.15) is 5.10 Å². The van der Waals surface area contributed by atoms with Gasteiger partial charge in [-0.3, -0.25) is 4.79 Å². The highest BCUT2D eigenvalue weighted by Gasteiger charge is 2.53. The van der Waals surface area contributed by atoms with Gasteiger partial charge >= 0.3 is 5.97 Å². The zero-order chi connectivity index (χ0) is 13.6. The van der Waals surface area contributed by atoms with E-state index in [1.165, 1.54) is 0 Å². The Kier molecular flexibility index (Phi) is 2.49. The number of rotatable bonds is 3. The van der Waals surface area contributed by atoms with Crippen molar-refractivity contribution in [2.45, 2.75) is 32.1 Å². The zero-order valence-corrected chi connectivity index (χ0v) is 11.1. The minimum absolute atomic E-state index is 0.668. The third kappa shape index (κ3) is 1.84. The molecular weight excluding hydrogens is 240 g/mol. The average molecular weight is 256 g/mol. The van der Waals surface area contributed by atoms with Crippen LogP contribution in [0.5, 0.6) is 0 Å². The molecule has 1 saturated carbocycles. The Morgan fingerprint density at radius 3 is 2.68 bits per heavy atom.